The molecule has 0 aliphatic heterocycles. The summed E-state index contributed by atoms with van der Waals surface area (Å²) in [5.74, 6) is -1.82. The summed E-state index contributed by atoms with van der Waals surface area (Å²) in [6.45, 7) is 1.74. The number of para-hydroxylation sites is 1. The number of hydrogen-bond donors (Lipinski definition) is 3. The first-order chi connectivity index (χ1) is 20.3. The van der Waals surface area contributed by atoms with Crippen LogP contribution in [0.25, 0.3) is 6.08 Å². The number of carbonyl (C=O) groups is 4. The molecule has 0 bridgehead atoms. The molecular formula is C32H28N4O5S. The number of ether oxygens (including phenoxy) is 1. The summed E-state index contributed by atoms with van der Waals surface area (Å²) in [7, 11) is 1.28. The van der Waals surface area contributed by atoms with Gasteiger partial charge in [0.05, 0.1) is 23.6 Å². The van der Waals surface area contributed by atoms with Gasteiger partial charge < -0.3 is 20.7 Å². The van der Waals surface area contributed by atoms with Crippen LogP contribution in [0.2, 0.25) is 0 Å². The summed E-state index contributed by atoms with van der Waals surface area (Å²) in [5, 5.41) is 7.76. The van der Waals surface area contributed by atoms with Crippen LogP contribution < -0.4 is 16.0 Å². The van der Waals surface area contributed by atoms with E-state index >= 15 is 0 Å². The van der Waals surface area contributed by atoms with Gasteiger partial charge in [0.15, 0.2) is 0 Å². The van der Waals surface area contributed by atoms with Gasteiger partial charge in [0.1, 0.15) is 5.70 Å². The number of nitrogens with one attached hydrogen (secondary N) is 3. The van der Waals surface area contributed by atoms with Crippen LogP contribution in [0.4, 0.5) is 11.4 Å². The van der Waals surface area contributed by atoms with E-state index in [-0.39, 0.29) is 17.2 Å². The van der Waals surface area contributed by atoms with E-state index in [1.165, 1.54) is 18.9 Å². The molecule has 3 aromatic carbocycles. The molecule has 212 valence electrons. The largest absolute Gasteiger partial charge is 0.465 e. The number of carbonyl (C=O) groups excluding carboxylic acids is 4. The topological polar surface area (TPSA) is 126 Å². The van der Waals surface area contributed by atoms with Crippen LogP contribution in [0.3, 0.4) is 0 Å². The molecule has 4 rings (SSSR count). The average Bonchev–Trinajstić information content (AvgIpc) is 3.01. The molecule has 0 radical (unpaired) electrons. The minimum Gasteiger partial charge on any atom is -0.465 e. The van der Waals surface area contributed by atoms with Gasteiger partial charge in [0.2, 0.25) is 5.91 Å². The Morgan fingerprint density at radius 1 is 0.881 bits per heavy atom. The number of amides is 3. The van der Waals surface area contributed by atoms with Crippen molar-refractivity contribution in [1.29, 1.82) is 0 Å². The average molecular weight is 581 g/mol. The maximum atomic E-state index is 13.3. The second-order valence-electron chi connectivity index (χ2n) is 8.93. The first-order valence-corrected chi connectivity index (χ1v) is 13.8. The lowest BCUT2D eigenvalue weighted by Crippen LogP contribution is -2.30. The molecule has 4 aromatic rings. The van der Waals surface area contributed by atoms with Crippen molar-refractivity contribution in [1.82, 2.24) is 10.3 Å². The predicted molar refractivity (Wildman–Crippen MR) is 163 cm³/mol. The first kappa shape index (κ1) is 29.8. The summed E-state index contributed by atoms with van der Waals surface area (Å²) in [6.07, 6.45) is 4.73. The molecular weight excluding hydrogens is 552 g/mol. The lowest BCUT2D eigenvalue weighted by Gasteiger charge is -2.15. The number of hydrogen-bond acceptors (Lipinski definition) is 7. The number of esters is 1. The van der Waals surface area contributed by atoms with Crippen molar-refractivity contribution in [3.63, 3.8) is 0 Å². The van der Waals surface area contributed by atoms with Crippen molar-refractivity contribution >= 4 is 52.9 Å². The Balaban J connectivity index is 1.46. The number of methoxy groups -OCH3 is 1. The number of benzene rings is 3. The van der Waals surface area contributed by atoms with Crippen LogP contribution in [-0.2, 0) is 14.3 Å². The van der Waals surface area contributed by atoms with E-state index in [0.29, 0.717) is 22.5 Å². The van der Waals surface area contributed by atoms with Gasteiger partial charge in [-0.3, -0.25) is 19.4 Å². The Morgan fingerprint density at radius 3 is 2.38 bits per heavy atom. The normalized spacial score (nSPS) is 11.6. The van der Waals surface area contributed by atoms with Gasteiger partial charge in [-0.15, -0.1) is 11.8 Å². The lowest BCUT2D eigenvalue weighted by atomic mass is 10.2. The highest BCUT2D eigenvalue weighted by Gasteiger charge is 2.19. The molecule has 1 atom stereocenters. The van der Waals surface area contributed by atoms with Gasteiger partial charge in [-0.1, -0.05) is 42.5 Å². The fourth-order valence-corrected chi connectivity index (χ4v) is 4.71. The van der Waals surface area contributed by atoms with Crippen molar-refractivity contribution in [2.75, 3.05) is 17.7 Å². The van der Waals surface area contributed by atoms with E-state index in [4.69, 9.17) is 4.74 Å². The van der Waals surface area contributed by atoms with Crippen LogP contribution in [0.5, 0.6) is 0 Å². The van der Waals surface area contributed by atoms with Crippen LogP contribution in [-0.4, -0.2) is 41.0 Å². The number of nitrogens with zero attached hydrogens (tertiary/aromatic N) is 1. The number of rotatable bonds is 10. The molecule has 0 aliphatic carbocycles. The minimum absolute atomic E-state index is 0.0342. The van der Waals surface area contributed by atoms with Crippen molar-refractivity contribution in [3.05, 3.63) is 126 Å². The zero-order chi connectivity index (χ0) is 29.9. The molecule has 0 saturated carbocycles. The second-order valence-corrected chi connectivity index (χ2v) is 10.3. The highest BCUT2D eigenvalue weighted by Crippen LogP contribution is 2.27. The monoisotopic (exact) mass is 580 g/mol. The Kier molecular flexibility index (Phi) is 10.2. The Bertz CT molecular complexity index is 1610. The van der Waals surface area contributed by atoms with E-state index in [2.05, 4.69) is 20.9 Å². The molecule has 9 nitrogen and oxygen atoms in total. The van der Waals surface area contributed by atoms with E-state index in [0.717, 1.165) is 4.90 Å². The third-order valence-electron chi connectivity index (χ3n) is 5.89. The van der Waals surface area contributed by atoms with Crippen LogP contribution in [0, 0.1) is 0 Å². The summed E-state index contributed by atoms with van der Waals surface area (Å²) in [5.41, 5.74) is 2.15. The fourth-order valence-electron chi connectivity index (χ4n) is 3.79. The van der Waals surface area contributed by atoms with E-state index < -0.39 is 23.0 Å². The molecule has 1 heterocycles. The zero-order valence-electron chi connectivity index (χ0n) is 22.9. The van der Waals surface area contributed by atoms with E-state index in [9.17, 15) is 19.2 Å². The summed E-state index contributed by atoms with van der Waals surface area (Å²) in [4.78, 5) is 55.9. The molecule has 0 aliphatic rings. The van der Waals surface area contributed by atoms with Crippen LogP contribution in [0.15, 0.2) is 114 Å². The SMILES string of the molecule is COC(=O)c1ccccc1NC(=O)C(C)Sc1cccc(NC(=O)/C(=C\c2cccnc2)NC(=O)c2ccccc2)c1. The van der Waals surface area contributed by atoms with Crippen molar-refractivity contribution in [2.45, 2.75) is 17.1 Å². The zero-order valence-corrected chi connectivity index (χ0v) is 23.7. The number of anilines is 2. The van der Waals surface area contributed by atoms with Crippen molar-refractivity contribution < 1.29 is 23.9 Å². The van der Waals surface area contributed by atoms with Gasteiger partial charge in [0, 0.05) is 28.5 Å². The standard InChI is InChI=1S/C32H28N4O5S/c1-21(29(37)35-27-16-7-6-15-26(27)32(40)41-2)42-25-14-8-13-24(19-25)34-31(39)28(18-22-10-9-17-33-20-22)36-30(38)23-11-4-3-5-12-23/h3-21H,1-2H3,(H,34,39)(H,35,37)(H,36,38)/b28-18+. The molecule has 42 heavy (non-hydrogen) atoms. The number of aromatic nitrogens is 1. The maximum Gasteiger partial charge on any atom is 0.339 e. The number of pyridine rings is 1. The molecule has 0 fully saturated rings. The highest BCUT2D eigenvalue weighted by atomic mass is 32.2. The van der Waals surface area contributed by atoms with Crippen LogP contribution in [0.1, 0.15) is 33.2 Å². The molecule has 3 N–H and O–H groups in total. The van der Waals surface area contributed by atoms with Crippen LogP contribution >= 0.6 is 11.8 Å². The van der Waals surface area contributed by atoms with Gasteiger partial charge in [-0.25, -0.2) is 4.79 Å². The highest BCUT2D eigenvalue weighted by molar-refractivity contribution is 8.00. The summed E-state index contributed by atoms with van der Waals surface area (Å²) < 4.78 is 4.79. The number of thioether (sulfide) groups is 1. The van der Waals surface area contributed by atoms with Crippen molar-refractivity contribution in [2.24, 2.45) is 0 Å². The smallest absolute Gasteiger partial charge is 0.339 e. The summed E-state index contributed by atoms with van der Waals surface area (Å²) >= 11 is 1.28. The third kappa shape index (κ3) is 8.15. The molecule has 0 spiro atoms. The predicted octanol–water partition coefficient (Wildman–Crippen LogP) is 5.40. The maximum absolute atomic E-state index is 13.3. The molecule has 0 saturated heterocycles. The van der Waals surface area contributed by atoms with Gasteiger partial charge in [0.25, 0.3) is 11.8 Å². The van der Waals surface area contributed by atoms with E-state index in [1.54, 1.807) is 110 Å². The molecule has 1 unspecified atom stereocenters. The first-order valence-electron chi connectivity index (χ1n) is 12.9. The van der Waals surface area contributed by atoms with Gasteiger partial charge >= 0.3 is 5.97 Å². The van der Waals surface area contributed by atoms with Crippen molar-refractivity contribution in [3.8, 4) is 0 Å². The lowest BCUT2D eigenvalue weighted by molar-refractivity contribution is -0.115. The fraction of sp³-hybridized carbons (Fsp3) is 0.0938. The second kappa shape index (κ2) is 14.4. The Morgan fingerprint density at radius 2 is 1.64 bits per heavy atom. The molecule has 1 aromatic heterocycles. The Hall–Kier alpha value is -5.22. The molecule has 10 heteroatoms. The molecule has 3 amide bonds. The Labute approximate surface area is 247 Å². The summed E-state index contributed by atoms with van der Waals surface area (Å²) in [6, 6.07) is 25.7. The van der Waals surface area contributed by atoms with Gasteiger partial charge in [-0.05, 0) is 67.1 Å². The minimum atomic E-state index is -0.549. The van der Waals surface area contributed by atoms with Gasteiger partial charge in [-0.2, -0.15) is 0 Å². The van der Waals surface area contributed by atoms with E-state index in [1.807, 2.05) is 6.07 Å². The quantitative estimate of drug-likeness (QED) is 0.130. The third-order valence-corrected chi connectivity index (χ3v) is 6.98.